The van der Waals surface area contributed by atoms with E-state index in [2.05, 4.69) is 18.7 Å². The van der Waals surface area contributed by atoms with Crippen molar-refractivity contribution in [2.45, 2.75) is 34.1 Å². The lowest BCUT2D eigenvalue weighted by atomic mass is 9.91. The van der Waals surface area contributed by atoms with Crippen LogP contribution in [0, 0.1) is 30.1 Å². The Balaban J connectivity index is 2.23. The molecule has 0 aliphatic carbocycles. The first-order valence-electron chi connectivity index (χ1n) is 9.83. The summed E-state index contributed by atoms with van der Waals surface area (Å²) in [5, 5.41) is 9.57. The highest BCUT2D eigenvalue weighted by molar-refractivity contribution is 8.26. The molecular weight excluding hydrogens is 404 g/mol. The Morgan fingerprint density at radius 1 is 1.28 bits per heavy atom. The molecule has 0 bridgehead atoms. The number of rotatable bonds is 3. The zero-order chi connectivity index (χ0) is 21.5. The van der Waals surface area contributed by atoms with Gasteiger partial charge in [0.1, 0.15) is 21.8 Å². The molecular formula is C21H26N4O2S2. The quantitative estimate of drug-likeness (QED) is 0.542. The Bertz CT molecular complexity index is 995. The van der Waals surface area contributed by atoms with E-state index in [0.29, 0.717) is 33.2 Å². The summed E-state index contributed by atoms with van der Waals surface area (Å²) in [6, 6.07) is 2.05. The number of pyridine rings is 1. The summed E-state index contributed by atoms with van der Waals surface area (Å²) < 4.78 is 2.09. The number of carbonyl (C=O) groups excluding carboxylic acids is 1. The van der Waals surface area contributed by atoms with E-state index in [-0.39, 0.29) is 17.0 Å². The van der Waals surface area contributed by atoms with Crippen LogP contribution in [-0.2, 0) is 11.8 Å². The number of thiocarbonyl (C=S) groups is 1. The predicted octanol–water partition coefficient (Wildman–Crippen LogP) is 3.27. The lowest BCUT2D eigenvalue weighted by Gasteiger charge is -2.38. The van der Waals surface area contributed by atoms with E-state index in [1.165, 1.54) is 11.8 Å². The van der Waals surface area contributed by atoms with Crippen LogP contribution in [0.5, 0.6) is 0 Å². The molecule has 29 heavy (non-hydrogen) atoms. The third-order valence-corrected chi connectivity index (χ3v) is 6.98. The molecule has 0 spiro atoms. The average Bonchev–Trinajstić information content (AvgIpc) is 2.92. The van der Waals surface area contributed by atoms with E-state index in [1.807, 2.05) is 19.1 Å². The van der Waals surface area contributed by atoms with Gasteiger partial charge in [-0.2, -0.15) is 5.26 Å². The van der Waals surface area contributed by atoms with Crippen molar-refractivity contribution in [3.05, 3.63) is 31.9 Å². The fraction of sp³-hybridized carbons (Fsp3) is 0.524. The number of anilines is 1. The maximum absolute atomic E-state index is 12.8. The number of thioether (sulfide) groups is 1. The van der Waals surface area contributed by atoms with Crippen LogP contribution < -0.4 is 10.5 Å². The molecule has 3 heterocycles. The number of nitriles is 1. The van der Waals surface area contributed by atoms with E-state index in [4.69, 9.17) is 12.2 Å². The molecule has 2 unspecified atom stereocenters. The first kappa shape index (κ1) is 21.6. The smallest absolute Gasteiger partial charge is 0.270 e. The van der Waals surface area contributed by atoms with Crippen molar-refractivity contribution < 1.29 is 4.79 Å². The van der Waals surface area contributed by atoms with E-state index < -0.39 is 0 Å². The van der Waals surface area contributed by atoms with Gasteiger partial charge in [-0.25, -0.2) is 0 Å². The molecule has 0 radical (unpaired) electrons. The van der Waals surface area contributed by atoms with Crippen molar-refractivity contribution in [1.82, 2.24) is 9.47 Å². The van der Waals surface area contributed by atoms with Gasteiger partial charge in [0.2, 0.25) is 0 Å². The number of hydrogen-bond donors (Lipinski definition) is 0. The van der Waals surface area contributed by atoms with Crippen molar-refractivity contribution in [2.75, 3.05) is 24.5 Å². The SMILES string of the molecule is CCN1C(=O)C(=Cc2c(C)c(C#N)c(=O)n(C)c2N2CC(C)CC(C)C2)SC1=S. The van der Waals surface area contributed by atoms with Crippen LogP contribution in [-0.4, -0.2) is 39.3 Å². The zero-order valence-electron chi connectivity index (χ0n) is 17.5. The van der Waals surface area contributed by atoms with Crippen molar-refractivity contribution in [3.63, 3.8) is 0 Å². The van der Waals surface area contributed by atoms with Gasteiger partial charge in [0.25, 0.3) is 11.5 Å². The zero-order valence-corrected chi connectivity index (χ0v) is 19.1. The van der Waals surface area contributed by atoms with Crippen LogP contribution in [0.2, 0.25) is 0 Å². The Hall–Kier alpha value is -2.11. The van der Waals surface area contributed by atoms with Crippen LogP contribution in [0.1, 0.15) is 43.9 Å². The molecule has 2 fully saturated rings. The second-order valence-electron chi connectivity index (χ2n) is 7.99. The van der Waals surface area contributed by atoms with Crippen LogP contribution in [0.15, 0.2) is 9.70 Å². The second-order valence-corrected chi connectivity index (χ2v) is 9.67. The third kappa shape index (κ3) is 3.86. The molecule has 2 saturated heterocycles. The summed E-state index contributed by atoms with van der Waals surface area (Å²) in [7, 11) is 1.70. The van der Waals surface area contributed by atoms with Crippen LogP contribution >= 0.6 is 24.0 Å². The molecule has 0 N–H and O–H groups in total. The molecule has 2 atom stereocenters. The first-order chi connectivity index (χ1) is 13.7. The molecule has 154 valence electrons. The maximum atomic E-state index is 12.8. The summed E-state index contributed by atoms with van der Waals surface area (Å²) >= 11 is 6.61. The highest BCUT2D eigenvalue weighted by Gasteiger charge is 2.33. The Morgan fingerprint density at radius 3 is 2.41 bits per heavy atom. The number of hydrogen-bond acceptors (Lipinski definition) is 6. The van der Waals surface area contributed by atoms with E-state index >= 15 is 0 Å². The number of amides is 1. The van der Waals surface area contributed by atoms with Gasteiger partial charge in [-0.05, 0) is 43.7 Å². The second kappa shape index (κ2) is 8.33. The van der Waals surface area contributed by atoms with E-state index in [0.717, 1.165) is 30.9 Å². The largest absolute Gasteiger partial charge is 0.357 e. The maximum Gasteiger partial charge on any atom is 0.270 e. The van der Waals surface area contributed by atoms with Gasteiger partial charge >= 0.3 is 0 Å². The van der Waals surface area contributed by atoms with Gasteiger partial charge in [0, 0.05) is 32.2 Å². The monoisotopic (exact) mass is 430 g/mol. The van der Waals surface area contributed by atoms with Gasteiger partial charge in [-0.15, -0.1) is 0 Å². The average molecular weight is 431 g/mol. The molecule has 1 amide bonds. The summed E-state index contributed by atoms with van der Waals surface area (Å²) in [5.74, 6) is 1.64. The first-order valence-corrected chi connectivity index (χ1v) is 11.1. The Morgan fingerprint density at radius 2 is 1.90 bits per heavy atom. The summed E-state index contributed by atoms with van der Waals surface area (Å²) in [5.41, 5.74) is 1.18. The fourth-order valence-electron chi connectivity index (χ4n) is 4.33. The van der Waals surface area contributed by atoms with Gasteiger partial charge < -0.3 is 4.90 Å². The molecule has 0 aromatic carbocycles. The molecule has 0 saturated carbocycles. The Labute approximate surface area is 181 Å². The highest BCUT2D eigenvalue weighted by atomic mass is 32.2. The lowest BCUT2D eigenvalue weighted by Crippen LogP contribution is -2.42. The fourth-order valence-corrected chi connectivity index (χ4v) is 5.70. The number of aromatic nitrogens is 1. The molecule has 3 rings (SSSR count). The molecule has 2 aliphatic heterocycles. The van der Waals surface area contributed by atoms with Crippen LogP contribution in [0.25, 0.3) is 6.08 Å². The topological polar surface area (TPSA) is 69.3 Å². The molecule has 8 heteroatoms. The molecule has 2 aliphatic rings. The van der Waals surface area contributed by atoms with E-state index in [9.17, 15) is 14.9 Å². The van der Waals surface area contributed by atoms with Gasteiger partial charge in [-0.1, -0.05) is 37.8 Å². The Kier molecular flexibility index (Phi) is 6.20. The standard InChI is InChI=1S/C21H26N4O2S2/c1-6-25-20(27)17(29-21(25)28)8-15-14(4)16(9-22)19(26)23(5)18(15)24-10-12(2)7-13(3)11-24/h8,12-13H,6-7,10-11H2,1-5H3. The normalized spacial score (nSPS) is 23.8. The number of carbonyl (C=O) groups is 1. The van der Waals surface area contributed by atoms with Crippen molar-refractivity contribution in [1.29, 1.82) is 5.26 Å². The van der Waals surface area contributed by atoms with Crippen molar-refractivity contribution in [2.24, 2.45) is 18.9 Å². The third-order valence-electron chi connectivity index (χ3n) is 5.60. The van der Waals surface area contributed by atoms with Gasteiger partial charge in [-0.3, -0.25) is 19.1 Å². The lowest BCUT2D eigenvalue weighted by molar-refractivity contribution is -0.121. The minimum absolute atomic E-state index is 0.117. The van der Waals surface area contributed by atoms with Crippen molar-refractivity contribution in [3.8, 4) is 6.07 Å². The summed E-state index contributed by atoms with van der Waals surface area (Å²) in [6.45, 7) is 10.3. The number of nitrogens with zero attached hydrogens (tertiary/aromatic N) is 4. The predicted molar refractivity (Wildman–Crippen MR) is 122 cm³/mol. The van der Waals surface area contributed by atoms with Gasteiger partial charge in [0.05, 0.1) is 4.91 Å². The highest BCUT2D eigenvalue weighted by Crippen LogP contribution is 2.36. The van der Waals surface area contributed by atoms with E-state index in [1.54, 1.807) is 23.4 Å². The van der Waals surface area contributed by atoms with Crippen LogP contribution in [0.4, 0.5) is 5.82 Å². The summed E-state index contributed by atoms with van der Waals surface area (Å²) in [6.07, 6.45) is 2.95. The van der Waals surface area contributed by atoms with Crippen molar-refractivity contribution >= 4 is 46.1 Å². The molecule has 1 aromatic rings. The van der Waals surface area contributed by atoms with Crippen LogP contribution in [0.3, 0.4) is 0 Å². The summed E-state index contributed by atoms with van der Waals surface area (Å²) in [4.78, 5) is 29.9. The minimum atomic E-state index is -0.302. The number of piperidine rings is 1. The molecule has 6 nitrogen and oxygen atoms in total. The minimum Gasteiger partial charge on any atom is -0.357 e. The van der Waals surface area contributed by atoms with Gasteiger partial charge in [0.15, 0.2) is 0 Å². The number of likely N-dealkylation sites (N-methyl/N-ethyl adjacent to an activating group) is 1. The molecule has 1 aromatic heterocycles.